The normalized spacial score (nSPS) is 27.5. The van der Waals surface area contributed by atoms with Gasteiger partial charge in [-0.1, -0.05) is 12.2 Å². The van der Waals surface area contributed by atoms with Crippen molar-refractivity contribution in [2.24, 2.45) is 11.8 Å². The number of carbonyl (C=O) groups excluding carboxylic acids is 1. The highest BCUT2D eigenvalue weighted by molar-refractivity contribution is 5.74. The standard InChI is InChI=1S/C10H16O2/c1-4-12-10(11)9-6-5-8(9)7(2)3/h8-9H,2,4-6H2,1,3H3/t8-,9+/m0/s1. The van der Waals surface area contributed by atoms with Crippen molar-refractivity contribution in [3.63, 3.8) is 0 Å². The Morgan fingerprint density at radius 3 is 2.42 bits per heavy atom. The van der Waals surface area contributed by atoms with Crippen LogP contribution >= 0.6 is 0 Å². The van der Waals surface area contributed by atoms with Gasteiger partial charge in [0.1, 0.15) is 0 Å². The summed E-state index contributed by atoms with van der Waals surface area (Å²) in [4.78, 5) is 11.3. The first kappa shape index (κ1) is 9.30. The van der Waals surface area contributed by atoms with Crippen molar-refractivity contribution in [1.82, 2.24) is 0 Å². The van der Waals surface area contributed by atoms with Crippen LogP contribution in [0.25, 0.3) is 0 Å². The first-order valence-corrected chi connectivity index (χ1v) is 4.48. The summed E-state index contributed by atoms with van der Waals surface area (Å²) in [6.07, 6.45) is 2.06. The zero-order chi connectivity index (χ0) is 9.14. The second-order valence-electron chi connectivity index (χ2n) is 3.39. The minimum Gasteiger partial charge on any atom is -0.466 e. The van der Waals surface area contributed by atoms with Crippen LogP contribution in [0.15, 0.2) is 12.2 Å². The van der Waals surface area contributed by atoms with E-state index in [1.807, 2.05) is 13.8 Å². The highest BCUT2D eigenvalue weighted by Crippen LogP contribution is 2.39. The van der Waals surface area contributed by atoms with Gasteiger partial charge in [0.2, 0.25) is 0 Å². The SMILES string of the molecule is C=C(C)[C@@H]1CC[C@H]1C(=O)OCC. The third kappa shape index (κ3) is 1.68. The zero-order valence-electron chi connectivity index (χ0n) is 7.80. The van der Waals surface area contributed by atoms with E-state index in [2.05, 4.69) is 6.58 Å². The fraction of sp³-hybridized carbons (Fsp3) is 0.700. The molecule has 1 rings (SSSR count). The summed E-state index contributed by atoms with van der Waals surface area (Å²) in [7, 11) is 0. The number of esters is 1. The van der Waals surface area contributed by atoms with Crippen molar-refractivity contribution in [3.8, 4) is 0 Å². The molecule has 0 aromatic carbocycles. The van der Waals surface area contributed by atoms with Gasteiger partial charge in [-0.3, -0.25) is 4.79 Å². The van der Waals surface area contributed by atoms with Crippen molar-refractivity contribution in [2.75, 3.05) is 6.61 Å². The van der Waals surface area contributed by atoms with E-state index in [9.17, 15) is 4.79 Å². The second kappa shape index (κ2) is 3.74. The first-order chi connectivity index (χ1) is 5.66. The van der Waals surface area contributed by atoms with E-state index in [0.29, 0.717) is 12.5 Å². The van der Waals surface area contributed by atoms with Gasteiger partial charge in [0.25, 0.3) is 0 Å². The Balaban J connectivity index is 2.43. The topological polar surface area (TPSA) is 26.3 Å². The van der Waals surface area contributed by atoms with Crippen LogP contribution in [0, 0.1) is 11.8 Å². The predicted octanol–water partition coefficient (Wildman–Crippen LogP) is 2.15. The van der Waals surface area contributed by atoms with Gasteiger partial charge >= 0.3 is 5.97 Å². The van der Waals surface area contributed by atoms with Crippen LogP contribution in [0.1, 0.15) is 26.7 Å². The Labute approximate surface area is 73.6 Å². The first-order valence-electron chi connectivity index (χ1n) is 4.48. The Kier molecular flexibility index (Phi) is 2.90. The third-order valence-corrected chi connectivity index (χ3v) is 2.50. The lowest BCUT2D eigenvalue weighted by Gasteiger charge is -2.34. The molecule has 2 heteroatoms. The maximum Gasteiger partial charge on any atom is 0.309 e. The molecule has 0 aliphatic heterocycles. The number of carbonyl (C=O) groups is 1. The van der Waals surface area contributed by atoms with Crippen molar-refractivity contribution in [2.45, 2.75) is 26.7 Å². The maximum atomic E-state index is 11.3. The molecule has 0 unspecified atom stereocenters. The fourth-order valence-corrected chi connectivity index (χ4v) is 1.62. The van der Waals surface area contributed by atoms with Gasteiger partial charge in [0, 0.05) is 0 Å². The summed E-state index contributed by atoms with van der Waals surface area (Å²) in [6, 6.07) is 0. The van der Waals surface area contributed by atoms with Crippen LogP contribution in [0.2, 0.25) is 0 Å². The molecule has 2 nitrogen and oxygen atoms in total. The smallest absolute Gasteiger partial charge is 0.309 e. The number of ether oxygens (including phenoxy) is 1. The van der Waals surface area contributed by atoms with Crippen LogP contribution < -0.4 is 0 Å². The Morgan fingerprint density at radius 2 is 2.08 bits per heavy atom. The predicted molar refractivity (Wildman–Crippen MR) is 47.7 cm³/mol. The summed E-state index contributed by atoms with van der Waals surface area (Å²) in [5.41, 5.74) is 1.11. The van der Waals surface area contributed by atoms with E-state index in [1.165, 1.54) is 0 Å². The minimum atomic E-state index is -0.0447. The molecule has 1 fully saturated rings. The van der Waals surface area contributed by atoms with Crippen molar-refractivity contribution >= 4 is 5.97 Å². The van der Waals surface area contributed by atoms with Crippen molar-refractivity contribution in [1.29, 1.82) is 0 Å². The van der Waals surface area contributed by atoms with E-state index >= 15 is 0 Å². The summed E-state index contributed by atoms with van der Waals surface area (Å²) < 4.78 is 4.95. The molecule has 0 aromatic rings. The van der Waals surface area contributed by atoms with Gasteiger partial charge < -0.3 is 4.74 Å². The molecule has 12 heavy (non-hydrogen) atoms. The summed E-state index contributed by atoms with van der Waals surface area (Å²) in [5, 5.41) is 0. The molecular weight excluding hydrogens is 152 g/mol. The molecule has 0 aromatic heterocycles. The lowest BCUT2D eigenvalue weighted by Crippen LogP contribution is -2.34. The highest BCUT2D eigenvalue weighted by atomic mass is 16.5. The average Bonchev–Trinajstić information content (AvgIpc) is 1.82. The Bertz CT molecular complexity index is 196. The third-order valence-electron chi connectivity index (χ3n) is 2.50. The molecule has 1 aliphatic rings. The van der Waals surface area contributed by atoms with Crippen molar-refractivity contribution in [3.05, 3.63) is 12.2 Å². The minimum absolute atomic E-state index is 0.0447. The molecule has 1 aliphatic carbocycles. The summed E-state index contributed by atoms with van der Waals surface area (Å²) >= 11 is 0. The molecule has 0 bridgehead atoms. The van der Waals surface area contributed by atoms with Crippen LogP contribution in [-0.2, 0) is 9.53 Å². The van der Waals surface area contributed by atoms with Gasteiger partial charge in [-0.15, -0.1) is 0 Å². The number of rotatable bonds is 3. The molecule has 0 saturated heterocycles. The van der Waals surface area contributed by atoms with E-state index in [4.69, 9.17) is 4.74 Å². The second-order valence-corrected chi connectivity index (χ2v) is 3.39. The van der Waals surface area contributed by atoms with Gasteiger partial charge in [-0.05, 0) is 32.6 Å². The van der Waals surface area contributed by atoms with E-state index in [1.54, 1.807) is 0 Å². The van der Waals surface area contributed by atoms with Crippen molar-refractivity contribution < 1.29 is 9.53 Å². The number of hydrogen-bond acceptors (Lipinski definition) is 2. The van der Waals surface area contributed by atoms with E-state index in [0.717, 1.165) is 18.4 Å². The summed E-state index contributed by atoms with van der Waals surface area (Å²) in [5.74, 6) is 0.434. The van der Waals surface area contributed by atoms with Crippen LogP contribution in [0.4, 0.5) is 0 Å². The Hall–Kier alpha value is -0.790. The van der Waals surface area contributed by atoms with Crippen LogP contribution in [0.3, 0.4) is 0 Å². The van der Waals surface area contributed by atoms with Gasteiger partial charge in [-0.2, -0.15) is 0 Å². The lowest BCUT2D eigenvalue weighted by atomic mass is 9.70. The van der Waals surface area contributed by atoms with Crippen LogP contribution in [0.5, 0.6) is 0 Å². The zero-order valence-corrected chi connectivity index (χ0v) is 7.80. The van der Waals surface area contributed by atoms with Gasteiger partial charge in [0.05, 0.1) is 12.5 Å². The largest absolute Gasteiger partial charge is 0.466 e. The Morgan fingerprint density at radius 1 is 1.50 bits per heavy atom. The molecule has 1 saturated carbocycles. The van der Waals surface area contributed by atoms with Gasteiger partial charge in [-0.25, -0.2) is 0 Å². The maximum absolute atomic E-state index is 11.3. The molecule has 2 atom stereocenters. The molecule has 0 heterocycles. The molecular formula is C10H16O2. The fourth-order valence-electron chi connectivity index (χ4n) is 1.62. The molecule has 0 spiro atoms. The quantitative estimate of drug-likeness (QED) is 0.477. The summed E-state index contributed by atoms with van der Waals surface area (Å²) in [6.45, 7) is 8.17. The molecule has 0 N–H and O–H groups in total. The number of allylic oxidation sites excluding steroid dienone is 1. The molecule has 68 valence electrons. The van der Waals surface area contributed by atoms with E-state index < -0.39 is 0 Å². The average molecular weight is 168 g/mol. The highest BCUT2D eigenvalue weighted by Gasteiger charge is 2.37. The van der Waals surface area contributed by atoms with E-state index in [-0.39, 0.29) is 11.9 Å². The molecule has 0 radical (unpaired) electrons. The lowest BCUT2D eigenvalue weighted by molar-refractivity contribution is -0.153. The van der Waals surface area contributed by atoms with Crippen LogP contribution in [-0.4, -0.2) is 12.6 Å². The number of hydrogen-bond donors (Lipinski definition) is 0. The van der Waals surface area contributed by atoms with Gasteiger partial charge in [0.15, 0.2) is 0 Å². The monoisotopic (exact) mass is 168 g/mol. The molecule has 0 amide bonds.